The van der Waals surface area contributed by atoms with Gasteiger partial charge in [-0.05, 0) is 46.0 Å². The van der Waals surface area contributed by atoms with Gasteiger partial charge in [0.15, 0.2) is 0 Å². The van der Waals surface area contributed by atoms with E-state index in [2.05, 4.69) is 15.9 Å². The molecule has 0 saturated heterocycles. The molecule has 19 heavy (non-hydrogen) atoms. The number of aryl methyl sites for hydroxylation is 1. The van der Waals surface area contributed by atoms with E-state index in [-0.39, 0.29) is 0 Å². The maximum atomic E-state index is 11.9. The first-order chi connectivity index (χ1) is 9.12. The molecule has 1 unspecified atom stereocenters. The number of carboxylic acids is 1. The van der Waals surface area contributed by atoms with Gasteiger partial charge in [0.2, 0.25) is 0 Å². The maximum absolute atomic E-state index is 11.9. The normalized spacial score (nSPS) is 21.3. The minimum Gasteiger partial charge on any atom is -0.481 e. The molecule has 2 aromatic rings. The van der Waals surface area contributed by atoms with Crippen LogP contribution in [0.1, 0.15) is 22.4 Å². The van der Waals surface area contributed by atoms with Crippen molar-refractivity contribution >= 4 is 33.2 Å². The van der Waals surface area contributed by atoms with Crippen molar-refractivity contribution in [2.24, 2.45) is 0 Å². The number of carboxylic acid groups (broad SMARTS) is 1. The van der Waals surface area contributed by atoms with Crippen LogP contribution in [-0.2, 0) is 23.1 Å². The number of carbonyl (C=O) groups is 1. The topological polar surface area (TPSA) is 37.3 Å². The molecular formula is C15H13BrO2S. The van der Waals surface area contributed by atoms with E-state index in [9.17, 15) is 9.90 Å². The van der Waals surface area contributed by atoms with E-state index in [1.54, 1.807) is 11.3 Å². The van der Waals surface area contributed by atoms with Crippen LogP contribution < -0.4 is 0 Å². The molecule has 0 bridgehead atoms. The highest BCUT2D eigenvalue weighted by Gasteiger charge is 2.45. The summed E-state index contributed by atoms with van der Waals surface area (Å²) in [6.45, 7) is 0. The van der Waals surface area contributed by atoms with Gasteiger partial charge in [-0.1, -0.05) is 24.3 Å². The van der Waals surface area contributed by atoms with Gasteiger partial charge < -0.3 is 5.11 Å². The Labute approximate surface area is 124 Å². The second kappa shape index (κ2) is 4.76. The van der Waals surface area contributed by atoms with Gasteiger partial charge in [-0.15, -0.1) is 11.3 Å². The molecule has 1 aliphatic carbocycles. The number of fused-ring (bicyclic) bond motifs is 1. The lowest BCUT2D eigenvalue weighted by Gasteiger charge is -2.25. The van der Waals surface area contributed by atoms with E-state index in [1.165, 1.54) is 5.56 Å². The number of aliphatic carboxylic acids is 1. The first-order valence-electron chi connectivity index (χ1n) is 6.16. The molecule has 1 heterocycles. The standard InChI is InChI=1S/C15H13BrO2S/c16-11-7-12(19-9-11)8-15(14(17)18)6-5-10-3-1-2-4-13(10)15/h1-4,7,9H,5-6,8H2,(H,17,18). The molecule has 4 heteroatoms. The number of hydrogen-bond donors (Lipinski definition) is 1. The SMILES string of the molecule is O=C(O)C1(Cc2cc(Br)cs2)CCc2ccccc21. The Morgan fingerprint density at radius 1 is 1.42 bits per heavy atom. The van der Waals surface area contributed by atoms with Gasteiger partial charge in [-0.3, -0.25) is 4.79 Å². The van der Waals surface area contributed by atoms with E-state index in [1.807, 2.05) is 35.7 Å². The summed E-state index contributed by atoms with van der Waals surface area (Å²) in [4.78, 5) is 13.0. The maximum Gasteiger partial charge on any atom is 0.314 e. The van der Waals surface area contributed by atoms with Crippen molar-refractivity contribution < 1.29 is 9.90 Å². The van der Waals surface area contributed by atoms with Gasteiger partial charge in [0, 0.05) is 21.2 Å². The van der Waals surface area contributed by atoms with Crippen molar-refractivity contribution in [3.05, 3.63) is 56.2 Å². The third-order valence-corrected chi connectivity index (χ3v) is 5.56. The fourth-order valence-corrected chi connectivity index (χ4v) is 4.48. The fourth-order valence-electron chi connectivity index (χ4n) is 2.91. The highest BCUT2D eigenvalue weighted by atomic mass is 79.9. The van der Waals surface area contributed by atoms with Crippen LogP contribution >= 0.6 is 27.3 Å². The summed E-state index contributed by atoms with van der Waals surface area (Å²) < 4.78 is 1.03. The minimum absolute atomic E-state index is 0.579. The molecule has 0 amide bonds. The van der Waals surface area contributed by atoms with Crippen LogP contribution in [-0.4, -0.2) is 11.1 Å². The lowest BCUT2D eigenvalue weighted by molar-refractivity contribution is -0.143. The van der Waals surface area contributed by atoms with Crippen LogP contribution in [0.2, 0.25) is 0 Å². The van der Waals surface area contributed by atoms with Crippen molar-refractivity contribution in [1.29, 1.82) is 0 Å². The smallest absolute Gasteiger partial charge is 0.314 e. The lowest BCUT2D eigenvalue weighted by Crippen LogP contribution is -2.35. The van der Waals surface area contributed by atoms with Crippen LogP contribution in [0.3, 0.4) is 0 Å². The van der Waals surface area contributed by atoms with Crippen molar-refractivity contribution in [2.45, 2.75) is 24.7 Å². The molecule has 1 atom stereocenters. The molecule has 0 spiro atoms. The Hall–Kier alpha value is -1.13. The zero-order chi connectivity index (χ0) is 13.5. The van der Waals surface area contributed by atoms with Crippen molar-refractivity contribution in [2.75, 3.05) is 0 Å². The van der Waals surface area contributed by atoms with Crippen LogP contribution in [0.4, 0.5) is 0 Å². The molecule has 1 aromatic heterocycles. The summed E-state index contributed by atoms with van der Waals surface area (Å²) in [5.74, 6) is -0.707. The Balaban J connectivity index is 2.04. The van der Waals surface area contributed by atoms with Crippen LogP contribution in [0.5, 0.6) is 0 Å². The molecule has 0 aliphatic heterocycles. The lowest BCUT2D eigenvalue weighted by atomic mass is 9.78. The summed E-state index contributed by atoms with van der Waals surface area (Å²) in [6, 6.07) is 9.96. The largest absolute Gasteiger partial charge is 0.481 e. The zero-order valence-corrected chi connectivity index (χ0v) is 12.6. The monoisotopic (exact) mass is 336 g/mol. The number of halogens is 1. The van der Waals surface area contributed by atoms with Gasteiger partial charge >= 0.3 is 5.97 Å². The fraction of sp³-hybridized carbons (Fsp3) is 0.267. The Kier molecular flexibility index (Phi) is 3.23. The van der Waals surface area contributed by atoms with E-state index in [0.717, 1.165) is 21.3 Å². The summed E-state index contributed by atoms with van der Waals surface area (Å²) in [6.07, 6.45) is 2.13. The van der Waals surface area contributed by atoms with E-state index in [0.29, 0.717) is 12.8 Å². The molecule has 0 saturated carbocycles. The van der Waals surface area contributed by atoms with Crippen molar-refractivity contribution in [3.63, 3.8) is 0 Å². The molecule has 2 nitrogen and oxygen atoms in total. The average molecular weight is 337 g/mol. The van der Waals surface area contributed by atoms with Gasteiger partial charge in [-0.25, -0.2) is 0 Å². The van der Waals surface area contributed by atoms with E-state index in [4.69, 9.17) is 0 Å². The molecular weight excluding hydrogens is 324 g/mol. The molecule has 1 aliphatic rings. The second-order valence-electron chi connectivity index (χ2n) is 4.95. The Morgan fingerprint density at radius 2 is 2.21 bits per heavy atom. The van der Waals surface area contributed by atoms with Gasteiger partial charge in [0.05, 0.1) is 5.41 Å². The van der Waals surface area contributed by atoms with Crippen molar-refractivity contribution in [1.82, 2.24) is 0 Å². The highest BCUT2D eigenvalue weighted by Crippen LogP contribution is 2.42. The summed E-state index contributed by atoms with van der Waals surface area (Å²) in [7, 11) is 0. The van der Waals surface area contributed by atoms with E-state index >= 15 is 0 Å². The van der Waals surface area contributed by atoms with Crippen LogP contribution in [0.15, 0.2) is 40.2 Å². The molecule has 98 valence electrons. The quantitative estimate of drug-likeness (QED) is 0.918. The van der Waals surface area contributed by atoms with Gasteiger partial charge in [-0.2, -0.15) is 0 Å². The predicted octanol–water partition coefficient (Wildman–Crippen LogP) is 4.02. The second-order valence-corrected chi connectivity index (χ2v) is 6.86. The third-order valence-electron chi connectivity index (χ3n) is 3.86. The molecule has 0 radical (unpaired) electrons. The number of rotatable bonds is 3. The van der Waals surface area contributed by atoms with Crippen LogP contribution in [0.25, 0.3) is 0 Å². The zero-order valence-electron chi connectivity index (χ0n) is 10.2. The summed E-state index contributed by atoms with van der Waals surface area (Å²) >= 11 is 5.05. The van der Waals surface area contributed by atoms with Crippen LogP contribution in [0, 0.1) is 0 Å². The summed E-state index contributed by atoms with van der Waals surface area (Å²) in [5, 5.41) is 11.8. The van der Waals surface area contributed by atoms with Gasteiger partial charge in [0.1, 0.15) is 0 Å². The summed E-state index contributed by atoms with van der Waals surface area (Å²) in [5.41, 5.74) is 1.42. The first-order valence-corrected chi connectivity index (χ1v) is 7.84. The third kappa shape index (κ3) is 2.13. The Bertz CT molecular complexity index is 635. The Morgan fingerprint density at radius 3 is 2.89 bits per heavy atom. The number of thiophene rings is 1. The first kappa shape index (κ1) is 12.9. The molecule has 1 aromatic carbocycles. The highest BCUT2D eigenvalue weighted by molar-refractivity contribution is 9.10. The van der Waals surface area contributed by atoms with Gasteiger partial charge in [0.25, 0.3) is 0 Å². The molecule has 0 fully saturated rings. The van der Waals surface area contributed by atoms with Crippen molar-refractivity contribution in [3.8, 4) is 0 Å². The molecule has 1 N–H and O–H groups in total. The van der Waals surface area contributed by atoms with E-state index < -0.39 is 11.4 Å². The number of hydrogen-bond acceptors (Lipinski definition) is 2. The minimum atomic E-state index is -0.749. The molecule has 3 rings (SSSR count). The average Bonchev–Trinajstić information content (AvgIpc) is 2.96. The number of benzene rings is 1. The predicted molar refractivity (Wildman–Crippen MR) is 79.8 cm³/mol.